The molecule has 0 saturated carbocycles. The molecule has 2 amide bonds. The summed E-state index contributed by atoms with van der Waals surface area (Å²) < 4.78 is 5.47. The van der Waals surface area contributed by atoms with E-state index in [4.69, 9.17) is 4.74 Å². The number of nitrogens with zero attached hydrogens (tertiary/aromatic N) is 2. The van der Waals surface area contributed by atoms with Crippen LogP contribution in [0.3, 0.4) is 0 Å². The van der Waals surface area contributed by atoms with E-state index >= 15 is 0 Å². The number of rotatable bonds is 6. The number of anilines is 3. The number of amides is 2. The lowest BCUT2D eigenvalue weighted by atomic mass is 10.0. The van der Waals surface area contributed by atoms with Crippen molar-refractivity contribution in [1.29, 1.82) is 0 Å². The maximum Gasteiger partial charge on any atom is 0.282 e. The molecule has 3 aromatic carbocycles. The van der Waals surface area contributed by atoms with Gasteiger partial charge < -0.3 is 15.0 Å². The third-order valence-electron chi connectivity index (χ3n) is 5.37. The molecule has 0 spiro atoms. The smallest absolute Gasteiger partial charge is 0.282 e. The largest absolute Gasteiger partial charge is 0.495 e. The summed E-state index contributed by atoms with van der Waals surface area (Å²) in [6.45, 7) is 1.96. The molecule has 3 aromatic rings. The van der Waals surface area contributed by atoms with Crippen LogP contribution in [-0.4, -0.2) is 33.0 Å². The average Bonchev–Trinajstić information content (AvgIpc) is 3.04. The van der Waals surface area contributed by atoms with E-state index in [0.29, 0.717) is 28.3 Å². The summed E-state index contributed by atoms with van der Waals surface area (Å²) in [6.07, 6.45) is 0. The summed E-state index contributed by atoms with van der Waals surface area (Å²) in [4.78, 5) is 30.3. The molecular formula is C26H25N3O3. The Kier molecular flexibility index (Phi) is 5.69. The van der Waals surface area contributed by atoms with Gasteiger partial charge in [-0.15, -0.1) is 0 Å². The van der Waals surface area contributed by atoms with Crippen LogP contribution in [-0.2, 0) is 9.59 Å². The third kappa shape index (κ3) is 3.83. The van der Waals surface area contributed by atoms with Crippen molar-refractivity contribution in [1.82, 2.24) is 0 Å². The molecule has 162 valence electrons. The Balaban J connectivity index is 1.84. The number of carbonyl (C=O) groups excluding carboxylic acids is 2. The van der Waals surface area contributed by atoms with Crippen LogP contribution in [0.25, 0.3) is 5.57 Å². The summed E-state index contributed by atoms with van der Waals surface area (Å²) in [5, 5.41) is 3.20. The average molecular weight is 428 g/mol. The number of nitrogens with one attached hydrogen (secondary N) is 1. The molecule has 0 bridgehead atoms. The normalized spacial score (nSPS) is 13.6. The van der Waals surface area contributed by atoms with Gasteiger partial charge in [-0.25, -0.2) is 4.90 Å². The predicted octanol–water partition coefficient (Wildman–Crippen LogP) is 4.47. The molecule has 0 aromatic heterocycles. The molecule has 4 rings (SSSR count). The highest BCUT2D eigenvalue weighted by molar-refractivity contribution is 6.46. The van der Waals surface area contributed by atoms with Gasteiger partial charge >= 0.3 is 0 Å². The highest BCUT2D eigenvalue weighted by Crippen LogP contribution is 2.36. The van der Waals surface area contributed by atoms with Gasteiger partial charge in [0.15, 0.2) is 0 Å². The number of aryl methyl sites for hydroxylation is 1. The van der Waals surface area contributed by atoms with Crippen molar-refractivity contribution in [3.63, 3.8) is 0 Å². The second-order valence-electron chi connectivity index (χ2n) is 7.80. The molecule has 0 unspecified atom stereocenters. The Morgan fingerprint density at radius 2 is 1.62 bits per heavy atom. The second kappa shape index (κ2) is 8.59. The van der Waals surface area contributed by atoms with Crippen LogP contribution in [0.15, 0.2) is 78.5 Å². The molecule has 0 aliphatic carbocycles. The number of benzene rings is 3. The van der Waals surface area contributed by atoms with Crippen molar-refractivity contribution < 1.29 is 14.3 Å². The molecule has 0 radical (unpaired) electrons. The topological polar surface area (TPSA) is 61.9 Å². The highest BCUT2D eigenvalue weighted by Gasteiger charge is 2.40. The van der Waals surface area contributed by atoms with Crippen LogP contribution < -0.4 is 19.9 Å². The second-order valence-corrected chi connectivity index (χ2v) is 7.80. The summed E-state index contributed by atoms with van der Waals surface area (Å²) in [6, 6.07) is 22.2. The first-order valence-electron chi connectivity index (χ1n) is 10.3. The number of hydrogen-bond acceptors (Lipinski definition) is 5. The van der Waals surface area contributed by atoms with Crippen molar-refractivity contribution in [3.05, 3.63) is 89.6 Å². The van der Waals surface area contributed by atoms with E-state index < -0.39 is 5.91 Å². The summed E-state index contributed by atoms with van der Waals surface area (Å²) in [7, 11) is 5.40. The maximum atomic E-state index is 13.6. The van der Waals surface area contributed by atoms with Gasteiger partial charge in [0.25, 0.3) is 11.8 Å². The van der Waals surface area contributed by atoms with E-state index in [9.17, 15) is 9.59 Å². The molecular weight excluding hydrogens is 402 g/mol. The monoisotopic (exact) mass is 427 g/mol. The standard InChI is InChI=1S/C26H25N3O3/c1-17-13-14-22(32-4)21(15-17)27-24-23(18-9-6-5-7-10-18)25(30)29(26(24)31)20-12-8-11-19(16-20)28(2)3/h5-16,27H,1-4H3. The molecule has 0 atom stereocenters. The number of ether oxygens (including phenoxy) is 1. The van der Waals surface area contributed by atoms with Crippen LogP contribution in [0, 0.1) is 6.92 Å². The SMILES string of the molecule is COc1ccc(C)cc1NC1=C(c2ccccc2)C(=O)N(c2cccc(N(C)C)c2)C1=O. The van der Waals surface area contributed by atoms with Gasteiger partial charge in [-0.2, -0.15) is 0 Å². The van der Waals surface area contributed by atoms with Crippen LogP contribution in [0.5, 0.6) is 5.75 Å². The van der Waals surface area contributed by atoms with Gasteiger partial charge in [-0.05, 0) is 48.4 Å². The molecule has 6 heteroatoms. The fourth-order valence-corrected chi connectivity index (χ4v) is 3.72. The van der Waals surface area contributed by atoms with Crippen molar-refractivity contribution in [2.75, 3.05) is 36.3 Å². The van der Waals surface area contributed by atoms with Crippen molar-refractivity contribution in [3.8, 4) is 5.75 Å². The first-order chi connectivity index (χ1) is 15.4. The van der Waals surface area contributed by atoms with E-state index in [1.807, 2.05) is 92.6 Å². The van der Waals surface area contributed by atoms with E-state index in [2.05, 4.69) is 5.32 Å². The first kappa shape index (κ1) is 21.2. The highest BCUT2D eigenvalue weighted by atomic mass is 16.5. The predicted molar refractivity (Wildman–Crippen MR) is 128 cm³/mol. The molecule has 1 heterocycles. The molecule has 1 aliphatic rings. The minimum Gasteiger partial charge on any atom is -0.495 e. The van der Waals surface area contributed by atoms with Crippen molar-refractivity contribution in [2.45, 2.75) is 6.92 Å². The first-order valence-corrected chi connectivity index (χ1v) is 10.3. The zero-order valence-corrected chi connectivity index (χ0v) is 18.5. The number of carbonyl (C=O) groups is 2. The minimum absolute atomic E-state index is 0.223. The van der Waals surface area contributed by atoms with Gasteiger partial charge in [0, 0.05) is 19.8 Å². The van der Waals surface area contributed by atoms with Crippen LogP contribution in [0.4, 0.5) is 17.1 Å². The summed E-state index contributed by atoms with van der Waals surface area (Å²) in [5.41, 5.74) is 4.27. The molecule has 0 saturated heterocycles. The lowest BCUT2D eigenvalue weighted by Crippen LogP contribution is -2.32. The molecule has 0 fully saturated rings. The minimum atomic E-state index is -0.409. The van der Waals surface area contributed by atoms with E-state index in [1.54, 1.807) is 13.2 Å². The number of hydrogen-bond donors (Lipinski definition) is 1. The van der Waals surface area contributed by atoms with Gasteiger partial charge in [0.2, 0.25) is 0 Å². The fraction of sp³-hybridized carbons (Fsp3) is 0.154. The Morgan fingerprint density at radius 3 is 2.31 bits per heavy atom. The molecule has 32 heavy (non-hydrogen) atoms. The van der Waals surface area contributed by atoms with Gasteiger partial charge in [-0.3, -0.25) is 9.59 Å². The summed E-state index contributed by atoms with van der Waals surface area (Å²) >= 11 is 0. The number of methoxy groups -OCH3 is 1. The van der Waals surface area contributed by atoms with Crippen molar-refractivity contribution >= 4 is 34.4 Å². The van der Waals surface area contributed by atoms with Gasteiger partial charge in [0.1, 0.15) is 11.4 Å². The lowest BCUT2D eigenvalue weighted by molar-refractivity contribution is -0.120. The molecule has 1 N–H and O–H groups in total. The van der Waals surface area contributed by atoms with Crippen LogP contribution in [0.1, 0.15) is 11.1 Å². The Hall–Kier alpha value is -4.06. The zero-order chi connectivity index (χ0) is 22.8. The Morgan fingerprint density at radius 1 is 0.875 bits per heavy atom. The maximum absolute atomic E-state index is 13.6. The van der Waals surface area contributed by atoms with Crippen LogP contribution >= 0.6 is 0 Å². The lowest BCUT2D eigenvalue weighted by Gasteiger charge is -2.19. The third-order valence-corrected chi connectivity index (χ3v) is 5.37. The van der Waals surface area contributed by atoms with E-state index in [1.165, 1.54) is 4.90 Å². The Bertz CT molecular complexity index is 1220. The fourth-order valence-electron chi connectivity index (χ4n) is 3.72. The van der Waals surface area contributed by atoms with E-state index in [-0.39, 0.29) is 11.6 Å². The zero-order valence-electron chi connectivity index (χ0n) is 18.5. The van der Waals surface area contributed by atoms with Crippen LogP contribution in [0.2, 0.25) is 0 Å². The van der Waals surface area contributed by atoms with Gasteiger partial charge in [0.05, 0.1) is 24.1 Å². The Labute approximate surface area is 187 Å². The van der Waals surface area contributed by atoms with Crippen molar-refractivity contribution in [2.24, 2.45) is 0 Å². The number of imide groups is 1. The molecule has 6 nitrogen and oxygen atoms in total. The quantitative estimate of drug-likeness (QED) is 0.589. The molecule has 1 aliphatic heterocycles. The van der Waals surface area contributed by atoms with E-state index in [0.717, 1.165) is 11.3 Å². The van der Waals surface area contributed by atoms with Gasteiger partial charge in [-0.1, -0.05) is 42.5 Å². The summed E-state index contributed by atoms with van der Waals surface area (Å²) in [5.74, 6) is -0.191.